The maximum absolute atomic E-state index is 5.70. The van der Waals surface area contributed by atoms with Crippen molar-refractivity contribution in [1.82, 2.24) is 4.98 Å². The third kappa shape index (κ3) is 3.04. The van der Waals surface area contributed by atoms with Gasteiger partial charge in [0.05, 0.1) is 12.8 Å². The fourth-order valence-electron chi connectivity index (χ4n) is 3.58. The van der Waals surface area contributed by atoms with Gasteiger partial charge < -0.3 is 15.5 Å². The number of rotatable bonds is 6. The molecule has 0 unspecified atom stereocenters. The van der Waals surface area contributed by atoms with E-state index in [-0.39, 0.29) is 0 Å². The molecule has 2 aromatic carbocycles. The minimum absolute atomic E-state index is 0.741. The van der Waals surface area contributed by atoms with E-state index in [1.165, 1.54) is 33.3 Å². The lowest BCUT2D eigenvalue weighted by Crippen LogP contribution is -1.99. The number of para-hydroxylation sites is 1. The molecule has 126 valence electrons. The molecule has 0 aliphatic heterocycles. The second kappa shape index (κ2) is 7.10. The number of nitrogens with one attached hydrogen (secondary N) is 1. The number of aromatic amines is 1. The van der Waals surface area contributed by atoms with Crippen molar-refractivity contribution in [2.75, 3.05) is 13.7 Å². The number of aromatic nitrogens is 1. The van der Waals surface area contributed by atoms with Crippen LogP contribution in [0.5, 0.6) is 5.75 Å². The Balaban J connectivity index is 2.22. The molecule has 0 saturated heterocycles. The third-order valence-corrected chi connectivity index (χ3v) is 4.60. The minimum Gasteiger partial charge on any atom is -0.496 e. The zero-order chi connectivity index (χ0) is 17.1. The van der Waals surface area contributed by atoms with E-state index in [0.29, 0.717) is 0 Å². The van der Waals surface area contributed by atoms with Crippen LogP contribution in [-0.2, 0) is 6.42 Å². The maximum atomic E-state index is 5.70. The first-order chi connectivity index (χ1) is 11.7. The Hall–Kier alpha value is -2.26. The number of methoxy groups -OCH3 is 1. The zero-order valence-electron chi connectivity index (χ0n) is 14.8. The molecule has 3 nitrogen and oxygen atoms in total. The number of H-pyrrole nitrogens is 1. The smallest absolute Gasteiger partial charge is 0.128 e. The molecule has 3 rings (SSSR count). The second-order valence-electron chi connectivity index (χ2n) is 6.43. The molecule has 0 fully saturated rings. The number of hydrogen-bond acceptors (Lipinski definition) is 2. The molecule has 0 saturated carbocycles. The van der Waals surface area contributed by atoms with Gasteiger partial charge in [0.25, 0.3) is 0 Å². The topological polar surface area (TPSA) is 51.0 Å². The van der Waals surface area contributed by atoms with Crippen molar-refractivity contribution in [3.8, 4) is 17.0 Å². The molecule has 3 heteroatoms. The Bertz CT molecular complexity index is 848. The summed E-state index contributed by atoms with van der Waals surface area (Å²) in [5.41, 5.74) is 13.2. The molecule has 0 radical (unpaired) electrons. The summed E-state index contributed by atoms with van der Waals surface area (Å²) in [6.45, 7) is 5.08. The van der Waals surface area contributed by atoms with Crippen molar-refractivity contribution in [2.45, 2.75) is 33.1 Å². The highest BCUT2D eigenvalue weighted by Crippen LogP contribution is 2.37. The number of fused-ring (bicyclic) bond motifs is 1. The lowest BCUT2D eigenvalue weighted by molar-refractivity contribution is 0.416. The van der Waals surface area contributed by atoms with Crippen LogP contribution in [0.15, 0.2) is 36.4 Å². The van der Waals surface area contributed by atoms with E-state index in [9.17, 15) is 0 Å². The van der Waals surface area contributed by atoms with E-state index in [4.69, 9.17) is 10.5 Å². The number of ether oxygens (including phenoxy) is 1. The Morgan fingerprint density at radius 2 is 1.88 bits per heavy atom. The SMILES string of the molecule is COc1ccccc1-c1[nH]c2cc(C)cc(C)c2c1CCCCN. The first-order valence-electron chi connectivity index (χ1n) is 8.61. The van der Waals surface area contributed by atoms with Gasteiger partial charge in [0.1, 0.15) is 5.75 Å². The molecular weight excluding hydrogens is 296 g/mol. The van der Waals surface area contributed by atoms with E-state index < -0.39 is 0 Å². The first-order valence-corrected chi connectivity index (χ1v) is 8.61. The maximum Gasteiger partial charge on any atom is 0.128 e. The van der Waals surface area contributed by atoms with Crippen LogP contribution >= 0.6 is 0 Å². The molecule has 1 aromatic heterocycles. The largest absolute Gasteiger partial charge is 0.496 e. The van der Waals surface area contributed by atoms with Crippen molar-refractivity contribution in [1.29, 1.82) is 0 Å². The predicted octanol–water partition coefficient (Wildman–Crippen LogP) is 4.74. The second-order valence-corrected chi connectivity index (χ2v) is 6.43. The van der Waals surface area contributed by atoms with Crippen LogP contribution < -0.4 is 10.5 Å². The molecule has 0 amide bonds. The number of aryl methyl sites for hydroxylation is 3. The summed E-state index contributed by atoms with van der Waals surface area (Å²) in [5, 5.41) is 1.35. The van der Waals surface area contributed by atoms with Crippen LogP contribution in [0, 0.1) is 13.8 Å². The Morgan fingerprint density at radius 3 is 2.62 bits per heavy atom. The van der Waals surface area contributed by atoms with Gasteiger partial charge in [0.15, 0.2) is 0 Å². The van der Waals surface area contributed by atoms with Crippen LogP contribution in [0.2, 0.25) is 0 Å². The van der Waals surface area contributed by atoms with Gasteiger partial charge in [0.2, 0.25) is 0 Å². The van der Waals surface area contributed by atoms with Crippen molar-refractivity contribution in [2.24, 2.45) is 5.73 Å². The average molecular weight is 322 g/mol. The molecular formula is C21H26N2O. The molecule has 0 aliphatic rings. The van der Waals surface area contributed by atoms with Gasteiger partial charge in [0, 0.05) is 16.5 Å². The molecule has 0 bridgehead atoms. The molecule has 1 heterocycles. The van der Waals surface area contributed by atoms with Gasteiger partial charge >= 0.3 is 0 Å². The summed E-state index contributed by atoms with van der Waals surface area (Å²) in [7, 11) is 1.73. The van der Waals surface area contributed by atoms with Gasteiger partial charge in [-0.05, 0) is 74.5 Å². The number of hydrogen-bond donors (Lipinski definition) is 2. The number of benzene rings is 2. The summed E-state index contributed by atoms with van der Waals surface area (Å²) in [4.78, 5) is 3.65. The van der Waals surface area contributed by atoms with Gasteiger partial charge in [-0.1, -0.05) is 18.2 Å². The van der Waals surface area contributed by atoms with Crippen LogP contribution in [0.4, 0.5) is 0 Å². The van der Waals surface area contributed by atoms with E-state index in [2.05, 4.69) is 43.1 Å². The number of unbranched alkanes of at least 4 members (excludes halogenated alkanes) is 1. The average Bonchev–Trinajstić information content (AvgIpc) is 2.93. The molecule has 0 spiro atoms. The van der Waals surface area contributed by atoms with Gasteiger partial charge in [-0.15, -0.1) is 0 Å². The van der Waals surface area contributed by atoms with Crippen LogP contribution in [0.25, 0.3) is 22.2 Å². The number of nitrogens with two attached hydrogens (primary N) is 1. The summed E-state index contributed by atoms with van der Waals surface area (Å²) < 4.78 is 5.59. The highest BCUT2D eigenvalue weighted by Gasteiger charge is 2.17. The van der Waals surface area contributed by atoms with Crippen LogP contribution in [0.1, 0.15) is 29.5 Å². The van der Waals surface area contributed by atoms with Crippen molar-refractivity contribution in [3.05, 3.63) is 53.1 Å². The van der Waals surface area contributed by atoms with Crippen LogP contribution in [0.3, 0.4) is 0 Å². The quantitative estimate of drug-likeness (QED) is 0.644. The summed E-state index contributed by atoms with van der Waals surface area (Å²) >= 11 is 0. The Morgan fingerprint density at radius 1 is 1.08 bits per heavy atom. The summed E-state index contributed by atoms with van der Waals surface area (Å²) in [6.07, 6.45) is 3.16. The van der Waals surface area contributed by atoms with Gasteiger partial charge in [-0.25, -0.2) is 0 Å². The zero-order valence-corrected chi connectivity index (χ0v) is 14.8. The molecule has 24 heavy (non-hydrogen) atoms. The summed E-state index contributed by atoms with van der Waals surface area (Å²) in [6, 6.07) is 12.7. The van der Waals surface area contributed by atoms with Crippen molar-refractivity contribution >= 4 is 10.9 Å². The predicted molar refractivity (Wildman–Crippen MR) is 102 cm³/mol. The van der Waals surface area contributed by atoms with E-state index in [1.54, 1.807) is 7.11 Å². The highest BCUT2D eigenvalue weighted by molar-refractivity contribution is 5.94. The normalized spacial score (nSPS) is 11.2. The van der Waals surface area contributed by atoms with E-state index in [1.807, 2.05) is 12.1 Å². The molecule has 3 aromatic rings. The fourth-order valence-corrected chi connectivity index (χ4v) is 3.58. The van der Waals surface area contributed by atoms with Gasteiger partial charge in [-0.2, -0.15) is 0 Å². The monoisotopic (exact) mass is 322 g/mol. The van der Waals surface area contributed by atoms with E-state index in [0.717, 1.165) is 37.1 Å². The lowest BCUT2D eigenvalue weighted by Gasteiger charge is -2.10. The Kier molecular flexibility index (Phi) is 4.91. The Labute approximate surface area is 143 Å². The lowest BCUT2D eigenvalue weighted by atomic mass is 9.97. The van der Waals surface area contributed by atoms with Crippen LogP contribution in [-0.4, -0.2) is 18.6 Å². The van der Waals surface area contributed by atoms with Gasteiger partial charge in [-0.3, -0.25) is 0 Å². The first kappa shape index (κ1) is 16.6. The molecule has 0 atom stereocenters. The standard InChI is InChI=1S/C21H26N2O/c1-14-12-15(2)20-17(9-6-7-11-22)21(23-18(20)13-14)16-8-4-5-10-19(16)24-3/h4-5,8,10,12-13,23H,6-7,9,11,22H2,1-3H3. The minimum atomic E-state index is 0.741. The highest BCUT2D eigenvalue weighted by atomic mass is 16.5. The third-order valence-electron chi connectivity index (χ3n) is 4.60. The summed E-state index contributed by atoms with van der Waals surface area (Å²) in [5.74, 6) is 0.901. The molecule has 0 aliphatic carbocycles. The van der Waals surface area contributed by atoms with Crippen molar-refractivity contribution < 1.29 is 4.74 Å². The van der Waals surface area contributed by atoms with E-state index >= 15 is 0 Å². The molecule has 3 N–H and O–H groups in total. The van der Waals surface area contributed by atoms with Crippen molar-refractivity contribution in [3.63, 3.8) is 0 Å². The fraction of sp³-hybridized carbons (Fsp3) is 0.333.